The average Bonchev–Trinajstić information content (AvgIpc) is 2.68. The highest BCUT2D eigenvalue weighted by molar-refractivity contribution is 5.76. The summed E-state index contributed by atoms with van der Waals surface area (Å²) in [6, 6.07) is 0.895. The van der Waals surface area contributed by atoms with E-state index in [-0.39, 0.29) is 0 Å². The molecule has 0 bridgehead atoms. The number of nitrogens with two attached hydrogens (primary N) is 1. The largest absolute Gasteiger partial charge is 0.388 e. The van der Waals surface area contributed by atoms with Crippen LogP contribution in [0.3, 0.4) is 0 Å². The van der Waals surface area contributed by atoms with Crippen LogP contribution in [-0.4, -0.2) is 29.9 Å². The van der Waals surface area contributed by atoms with E-state index in [1.54, 1.807) is 0 Å². The van der Waals surface area contributed by atoms with Crippen LogP contribution in [0, 0.1) is 11.3 Å². The predicted octanol–water partition coefficient (Wildman–Crippen LogP) is 2.36. The first-order valence-corrected chi connectivity index (χ1v) is 6.84. The first kappa shape index (κ1) is 11.9. The third-order valence-electron chi connectivity index (χ3n) is 4.27. The van der Waals surface area contributed by atoms with E-state index in [1.165, 1.54) is 51.6 Å². The van der Waals surface area contributed by atoms with Gasteiger partial charge in [0.25, 0.3) is 0 Å². The highest BCUT2D eigenvalue weighted by atomic mass is 15.2. The smallest absolute Gasteiger partial charge is 0.0905 e. The second kappa shape index (κ2) is 5.67. The van der Waals surface area contributed by atoms with Crippen LogP contribution in [0.2, 0.25) is 0 Å². The maximum atomic E-state index is 7.19. The first-order valence-electron chi connectivity index (χ1n) is 6.84. The number of rotatable bonds is 5. The Kier molecular flexibility index (Phi) is 4.22. The lowest BCUT2D eigenvalue weighted by Crippen LogP contribution is -2.35. The van der Waals surface area contributed by atoms with Crippen LogP contribution in [0.25, 0.3) is 0 Å². The SMILES string of the molecule is N=C(N)CCCCN1CCC2CCCCC21. The van der Waals surface area contributed by atoms with Gasteiger partial charge in [-0.05, 0) is 51.1 Å². The Hall–Kier alpha value is -0.570. The molecule has 0 radical (unpaired) electrons. The molecule has 1 heterocycles. The molecule has 0 aromatic carbocycles. The lowest BCUT2D eigenvalue weighted by molar-refractivity contribution is 0.180. The number of hydrogen-bond acceptors (Lipinski definition) is 2. The fourth-order valence-electron chi connectivity index (χ4n) is 3.41. The van der Waals surface area contributed by atoms with E-state index in [9.17, 15) is 0 Å². The van der Waals surface area contributed by atoms with Crippen molar-refractivity contribution in [1.29, 1.82) is 5.41 Å². The molecule has 3 N–H and O–H groups in total. The van der Waals surface area contributed by atoms with Gasteiger partial charge in [0.15, 0.2) is 0 Å². The molecule has 3 heteroatoms. The molecule has 2 aliphatic rings. The second-order valence-electron chi connectivity index (χ2n) is 5.42. The zero-order chi connectivity index (χ0) is 11.4. The van der Waals surface area contributed by atoms with Gasteiger partial charge in [0.1, 0.15) is 0 Å². The van der Waals surface area contributed by atoms with E-state index in [2.05, 4.69) is 4.90 Å². The van der Waals surface area contributed by atoms with Crippen LogP contribution in [0.15, 0.2) is 0 Å². The molecular formula is C13H25N3. The van der Waals surface area contributed by atoms with Gasteiger partial charge < -0.3 is 10.6 Å². The van der Waals surface area contributed by atoms with E-state index < -0.39 is 0 Å². The fraction of sp³-hybridized carbons (Fsp3) is 0.923. The highest BCUT2D eigenvalue weighted by Crippen LogP contribution is 2.36. The van der Waals surface area contributed by atoms with Crippen molar-refractivity contribution in [1.82, 2.24) is 4.90 Å². The zero-order valence-corrected chi connectivity index (χ0v) is 10.3. The third-order valence-corrected chi connectivity index (χ3v) is 4.27. The third kappa shape index (κ3) is 2.97. The van der Waals surface area contributed by atoms with Crippen LogP contribution >= 0.6 is 0 Å². The number of nitrogens with zero attached hydrogens (tertiary/aromatic N) is 1. The van der Waals surface area contributed by atoms with Gasteiger partial charge in [-0.2, -0.15) is 0 Å². The van der Waals surface area contributed by atoms with E-state index in [1.807, 2.05) is 0 Å². The monoisotopic (exact) mass is 223 g/mol. The molecule has 1 aliphatic heterocycles. The van der Waals surface area contributed by atoms with Crippen molar-refractivity contribution in [2.45, 2.75) is 57.4 Å². The van der Waals surface area contributed by atoms with Crippen LogP contribution in [0.4, 0.5) is 0 Å². The van der Waals surface area contributed by atoms with Crippen molar-refractivity contribution in [3.8, 4) is 0 Å². The minimum Gasteiger partial charge on any atom is -0.388 e. The molecule has 2 unspecified atom stereocenters. The molecule has 0 aromatic rings. The Bertz CT molecular complexity index is 239. The molecule has 0 spiro atoms. The standard InChI is InChI=1S/C13H25N3/c14-13(15)7-3-4-9-16-10-8-11-5-1-2-6-12(11)16/h11-12H,1-10H2,(H3,14,15). The summed E-state index contributed by atoms with van der Waals surface area (Å²) in [7, 11) is 0. The Balaban J connectivity index is 1.67. The molecular weight excluding hydrogens is 198 g/mol. The molecule has 2 fully saturated rings. The number of hydrogen-bond donors (Lipinski definition) is 2. The van der Waals surface area contributed by atoms with Gasteiger partial charge in [-0.25, -0.2) is 0 Å². The molecule has 1 saturated carbocycles. The lowest BCUT2D eigenvalue weighted by atomic mass is 9.85. The molecule has 0 amide bonds. The molecule has 0 aromatic heterocycles. The minimum atomic E-state index is 0.344. The predicted molar refractivity (Wildman–Crippen MR) is 67.7 cm³/mol. The van der Waals surface area contributed by atoms with Crippen LogP contribution in [0.5, 0.6) is 0 Å². The normalized spacial score (nSPS) is 30.2. The van der Waals surface area contributed by atoms with Crippen molar-refractivity contribution in [3.63, 3.8) is 0 Å². The summed E-state index contributed by atoms with van der Waals surface area (Å²) in [4.78, 5) is 2.70. The first-order chi connectivity index (χ1) is 7.77. The van der Waals surface area contributed by atoms with Crippen molar-refractivity contribution in [2.24, 2.45) is 11.7 Å². The highest BCUT2D eigenvalue weighted by Gasteiger charge is 2.34. The van der Waals surface area contributed by atoms with Gasteiger partial charge >= 0.3 is 0 Å². The molecule has 2 rings (SSSR count). The summed E-state index contributed by atoms with van der Waals surface area (Å²) >= 11 is 0. The summed E-state index contributed by atoms with van der Waals surface area (Å²) in [5, 5.41) is 7.19. The Morgan fingerprint density at radius 1 is 1.19 bits per heavy atom. The fourth-order valence-corrected chi connectivity index (χ4v) is 3.41. The summed E-state index contributed by atoms with van der Waals surface area (Å²) in [6.07, 6.45) is 10.3. The Labute approximate surface area is 98.9 Å². The number of amidine groups is 1. The number of nitrogens with one attached hydrogen (secondary N) is 1. The van der Waals surface area contributed by atoms with E-state index in [0.717, 1.165) is 24.8 Å². The van der Waals surface area contributed by atoms with Gasteiger partial charge in [0, 0.05) is 12.5 Å². The van der Waals surface area contributed by atoms with Crippen molar-refractivity contribution in [2.75, 3.05) is 13.1 Å². The van der Waals surface area contributed by atoms with Crippen LogP contribution in [0.1, 0.15) is 51.4 Å². The molecule has 16 heavy (non-hydrogen) atoms. The van der Waals surface area contributed by atoms with Gasteiger partial charge in [-0.1, -0.05) is 12.8 Å². The lowest BCUT2D eigenvalue weighted by Gasteiger charge is -2.31. The molecule has 3 nitrogen and oxygen atoms in total. The van der Waals surface area contributed by atoms with Gasteiger partial charge in [0.2, 0.25) is 0 Å². The van der Waals surface area contributed by atoms with Crippen molar-refractivity contribution >= 4 is 5.84 Å². The second-order valence-corrected chi connectivity index (χ2v) is 5.42. The Morgan fingerprint density at radius 2 is 2.00 bits per heavy atom. The number of fused-ring (bicyclic) bond motifs is 1. The summed E-state index contributed by atoms with van der Waals surface area (Å²) in [5.74, 6) is 1.35. The average molecular weight is 223 g/mol. The maximum absolute atomic E-state index is 7.19. The molecule has 1 aliphatic carbocycles. The van der Waals surface area contributed by atoms with Gasteiger partial charge in [-0.15, -0.1) is 0 Å². The quantitative estimate of drug-likeness (QED) is 0.427. The molecule has 2 atom stereocenters. The Morgan fingerprint density at radius 3 is 2.81 bits per heavy atom. The van der Waals surface area contributed by atoms with Gasteiger partial charge in [0.05, 0.1) is 5.84 Å². The summed E-state index contributed by atoms with van der Waals surface area (Å²) in [5.41, 5.74) is 5.36. The minimum absolute atomic E-state index is 0.344. The molecule has 1 saturated heterocycles. The summed E-state index contributed by atoms with van der Waals surface area (Å²) in [6.45, 7) is 2.55. The van der Waals surface area contributed by atoms with Gasteiger partial charge in [-0.3, -0.25) is 5.41 Å². The van der Waals surface area contributed by atoms with Crippen molar-refractivity contribution < 1.29 is 0 Å². The summed E-state index contributed by atoms with van der Waals surface area (Å²) < 4.78 is 0. The van der Waals surface area contributed by atoms with Crippen LogP contribution < -0.4 is 5.73 Å². The number of likely N-dealkylation sites (tertiary alicyclic amines) is 1. The van der Waals surface area contributed by atoms with Crippen molar-refractivity contribution in [3.05, 3.63) is 0 Å². The maximum Gasteiger partial charge on any atom is 0.0905 e. The van der Waals surface area contributed by atoms with E-state index in [0.29, 0.717) is 5.84 Å². The van der Waals surface area contributed by atoms with E-state index >= 15 is 0 Å². The number of unbranched alkanes of at least 4 members (excludes halogenated alkanes) is 1. The van der Waals surface area contributed by atoms with Crippen LogP contribution in [-0.2, 0) is 0 Å². The van der Waals surface area contributed by atoms with E-state index in [4.69, 9.17) is 11.1 Å². The topological polar surface area (TPSA) is 53.1 Å². The zero-order valence-electron chi connectivity index (χ0n) is 10.3. The molecule has 92 valence electrons.